The molecule has 1 aliphatic rings. The Balaban J connectivity index is 1.05. The molecule has 0 aromatic heterocycles. The SMILES string of the molecule is Cc1ccc(S(=O)(=O)Oc2cccc(NC(=O)NCC3CCCC(CNC(=O)Nc4cccc(OS(=O)(=O)c5ccc(C)cc5)c4)C3)c2)cc1. The van der Waals surface area contributed by atoms with Gasteiger partial charge in [-0.3, -0.25) is 0 Å². The third kappa shape index (κ3) is 10.5. The van der Waals surface area contributed by atoms with E-state index in [1.165, 1.54) is 48.5 Å². The van der Waals surface area contributed by atoms with Gasteiger partial charge in [0.1, 0.15) is 21.3 Å². The van der Waals surface area contributed by atoms with Crippen molar-refractivity contribution in [1.29, 1.82) is 0 Å². The van der Waals surface area contributed by atoms with Gasteiger partial charge in [0, 0.05) is 36.6 Å². The van der Waals surface area contributed by atoms with Crippen molar-refractivity contribution in [2.24, 2.45) is 11.8 Å². The molecule has 0 spiro atoms. The Morgan fingerprint density at radius 3 is 1.42 bits per heavy atom. The molecule has 4 aromatic rings. The van der Waals surface area contributed by atoms with Gasteiger partial charge in [0.2, 0.25) is 0 Å². The van der Waals surface area contributed by atoms with Gasteiger partial charge >= 0.3 is 32.3 Å². The number of anilines is 2. The van der Waals surface area contributed by atoms with Crippen molar-refractivity contribution in [2.75, 3.05) is 23.7 Å². The molecular weight excluding hydrogens is 681 g/mol. The van der Waals surface area contributed by atoms with Gasteiger partial charge in [0.15, 0.2) is 0 Å². The molecule has 2 unspecified atom stereocenters. The van der Waals surface area contributed by atoms with Crippen LogP contribution < -0.4 is 29.6 Å². The molecule has 4 N–H and O–H groups in total. The molecule has 0 bridgehead atoms. The van der Waals surface area contributed by atoms with Crippen molar-refractivity contribution in [2.45, 2.75) is 49.3 Å². The largest absolute Gasteiger partial charge is 0.379 e. The van der Waals surface area contributed by atoms with Crippen molar-refractivity contribution in [3.8, 4) is 11.5 Å². The van der Waals surface area contributed by atoms with Crippen molar-refractivity contribution in [3.05, 3.63) is 108 Å². The molecule has 1 aliphatic carbocycles. The van der Waals surface area contributed by atoms with Crippen LogP contribution >= 0.6 is 0 Å². The minimum atomic E-state index is -4.03. The average Bonchev–Trinajstić information content (AvgIpc) is 3.07. The highest BCUT2D eigenvalue weighted by atomic mass is 32.2. The summed E-state index contributed by atoms with van der Waals surface area (Å²) in [6.07, 6.45) is 3.62. The molecular formula is C36H40N4O8S2. The standard InChI is InChI=1S/C36H40N4O8S2/c1-25-12-16-33(17-13-25)49(43,44)47-31-10-4-8-29(21-31)39-35(41)37-23-27-6-3-7-28(20-27)24-38-36(42)40-30-9-5-11-32(22-30)48-50(45,46)34-18-14-26(2)15-19-34/h4-5,8-19,21-22,27-28H,3,6-7,20,23-24H2,1-2H3,(H2,37,39,41)(H2,38,40,42). The van der Waals surface area contributed by atoms with Crippen LogP contribution in [0.1, 0.15) is 36.8 Å². The normalized spacial score (nSPS) is 16.1. The van der Waals surface area contributed by atoms with Gasteiger partial charge in [-0.25, -0.2) is 9.59 Å². The highest BCUT2D eigenvalue weighted by Gasteiger charge is 2.23. The Bertz CT molecular complexity index is 1870. The zero-order valence-corrected chi connectivity index (χ0v) is 29.4. The van der Waals surface area contributed by atoms with E-state index in [1.54, 1.807) is 48.5 Å². The number of aryl methyl sites for hydroxylation is 2. The first kappa shape index (κ1) is 36.2. The van der Waals surface area contributed by atoms with E-state index in [0.29, 0.717) is 24.5 Å². The smallest absolute Gasteiger partial charge is 0.339 e. The maximum Gasteiger partial charge on any atom is 0.339 e. The number of benzene rings is 4. The number of amides is 4. The molecule has 1 fully saturated rings. The number of urea groups is 2. The van der Waals surface area contributed by atoms with Crippen LogP contribution in [-0.4, -0.2) is 42.0 Å². The molecule has 50 heavy (non-hydrogen) atoms. The van der Waals surface area contributed by atoms with Gasteiger partial charge in [0.05, 0.1) is 0 Å². The molecule has 12 nitrogen and oxygen atoms in total. The summed E-state index contributed by atoms with van der Waals surface area (Å²) in [7, 11) is -8.07. The monoisotopic (exact) mass is 720 g/mol. The summed E-state index contributed by atoms with van der Waals surface area (Å²) in [5, 5.41) is 11.2. The lowest BCUT2D eigenvalue weighted by atomic mass is 9.81. The number of hydrogen-bond acceptors (Lipinski definition) is 8. The van der Waals surface area contributed by atoms with E-state index >= 15 is 0 Å². The molecule has 2 atom stereocenters. The zero-order chi connectivity index (χ0) is 35.7. The third-order valence-electron chi connectivity index (χ3n) is 8.21. The van der Waals surface area contributed by atoms with Crippen molar-refractivity contribution in [3.63, 3.8) is 0 Å². The molecule has 0 heterocycles. The summed E-state index contributed by atoms with van der Waals surface area (Å²) >= 11 is 0. The van der Waals surface area contributed by atoms with Gasteiger partial charge in [-0.05, 0) is 93.5 Å². The van der Waals surface area contributed by atoms with Crippen LogP contribution in [0.15, 0.2) is 107 Å². The number of nitrogens with one attached hydrogen (secondary N) is 4. The number of carbonyl (C=O) groups excluding carboxylic acids is 2. The summed E-state index contributed by atoms with van der Waals surface area (Å²) in [5.74, 6) is 0.565. The molecule has 14 heteroatoms. The van der Waals surface area contributed by atoms with E-state index < -0.39 is 32.3 Å². The molecule has 264 valence electrons. The fourth-order valence-corrected chi connectivity index (χ4v) is 7.45. The Labute approximate surface area is 292 Å². The van der Waals surface area contributed by atoms with Gasteiger partial charge < -0.3 is 29.6 Å². The van der Waals surface area contributed by atoms with E-state index in [-0.39, 0.29) is 33.1 Å². The summed E-state index contributed by atoms with van der Waals surface area (Å²) in [4.78, 5) is 25.4. The first-order chi connectivity index (χ1) is 23.8. The second kappa shape index (κ2) is 16.1. The number of rotatable bonds is 12. The fourth-order valence-electron chi connectivity index (χ4n) is 5.61. The maximum absolute atomic E-state index is 12.7. The first-order valence-electron chi connectivity index (χ1n) is 16.2. The van der Waals surface area contributed by atoms with Crippen LogP contribution in [0.4, 0.5) is 21.0 Å². The van der Waals surface area contributed by atoms with Crippen LogP contribution in [-0.2, 0) is 20.2 Å². The van der Waals surface area contributed by atoms with E-state index in [0.717, 1.165) is 36.8 Å². The molecule has 0 radical (unpaired) electrons. The van der Waals surface area contributed by atoms with Gasteiger partial charge in [-0.2, -0.15) is 16.8 Å². The topological polar surface area (TPSA) is 169 Å². The van der Waals surface area contributed by atoms with E-state index in [2.05, 4.69) is 21.3 Å². The summed E-state index contributed by atoms with van der Waals surface area (Å²) < 4.78 is 61.1. The van der Waals surface area contributed by atoms with Crippen LogP contribution in [0, 0.1) is 25.7 Å². The molecule has 0 aliphatic heterocycles. The third-order valence-corrected chi connectivity index (χ3v) is 10.7. The zero-order valence-electron chi connectivity index (χ0n) is 27.7. The Hall–Kier alpha value is -5.08. The molecule has 1 saturated carbocycles. The average molecular weight is 721 g/mol. The van der Waals surface area contributed by atoms with Gasteiger partial charge in [-0.1, -0.05) is 53.9 Å². The molecule has 0 saturated heterocycles. The second-order valence-electron chi connectivity index (χ2n) is 12.3. The summed E-state index contributed by atoms with van der Waals surface area (Å²) in [6, 6.07) is 24.1. The molecule has 4 aromatic carbocycles. The first-order valence-corrected chi connectivity index (χ1v) is 19.0. The summed E-state index contributed by atoms with van der Waals surface area (Å²) in [6.45, 7) is 4.59. The lowest BCUT2D eigenvalue weighted by Gasteiger charge is -2.29. The number of carbonyl (C=O) groups is 2. The minimum absolute atomic E-state index is 0.0328. The molecule has 5 rings (SSSR count). The van der Waals surface area contributed by atoms with Crippen LogP contribution in [0.3, 0.4) is 0 Å². The Morgan fingerprint density at radius 1 is 0.620 bits per heavy atom. The second-order valence-corrected chi connectivity index (χ2v) is 15.4. The van der Waals surface area contributed by atoms with Gasteiger partial charge in [-0.15, -0.1) is 0 Å². The van der Waals surface area contributed by atoms with Crippen LogP contribution in [0.25, 0.3) is 0 Å². The highest BCUT2D eigenvalue weighted by molar-refractivity contribution is 7.87. The van der Waals surface area contributed by atoms with E-state index in [4.69, 9.17) is 8.37 Å². The van der Waals surface area contributed by atoms with E-state index in [9.17, 15) is 26.4 Å². The maximum atomic E-state index is 12.7. The quantitative estimate of drug-likeness (QED) is 0.119. The highest BCUT2D eigenvalue weighted by Crippen LogP contribution is 2.29. The predicted octanol–water partition coefficient (Wildman–Crippen LogP) is 6.59. The van der Waals surface area contributed by atoms with Crippen LogP contribution in [0.2, 0.25) is 0 Å². The van der Waals surface area contributed by atoms with Crippen LogP contribution in [0.5, 0.6) is 11.5 Å². The lowest BCUT2D eigenvalue weighted by molar-refractivity contribution is 0.230. The Morgan fingerprint density at radius 2 is 1.02 bits per heavy atom. The van der Waals surface area contributed by atoms with Gasteiger partial charge in [0.25, 0.3) is 0 Å². The lowest BCUT2D eigenvalue weighted by Crippen LogP contribution is -2.38. The minimum Gasteiger partial charge on any atom is -0.379 e. The summed E-state index contributed by atoms with van der Waals surface area (Å²) in [5.41, 5.74) is 2.60. The van der Waals surface area contributed by atoms with Crippen molar-refractivity contribution in [1.82, 2.24) is 10.6 Å². The van der Waals surface area contributed by atoms with E-state index in [1.807, 2.05) is 13.8 Å². The Kier molecular flexibility index (Phi) is 11.6. The molecule has 4 amide bonds. The van der Waals surface area contributed by atoms with Crippen molar-refractivity contribution < 1.29 is 34.8 Å². The predicted molar refractivity (Wildman–Crippen MR) is 190 cm³/mol. The number of hydrogen-bond donors (Lipinski definition) is 4. The fraction of sp³-hybridized carbons (Fsp3) is 0.278. The van der Waals surface area contributed by atoms with Crippen molar-refractivity contribution >= 4 is 43.7 Å².